The van der Waals surface area contributed by atoms with E-state index in [0.29, 0.717) is 32.2 Å². The van der Waals surface area contributed by atoms with E-state index in [2.05, 4.69) is 26.6 Å². The van der Waals surface area contributed by atoms with Gasteiger partial charge in [0, 0.05) is 37.0 Å². The fraction of sp³-hybridized carbons (Fsp3) is 0.515. The monoisotopic (exact) mass is 668 g/mol. The van der Waals surface area contributed by atoms with Crippen molar-refractivity contribution >= 4 is 47.1 Å². The van der Waals surface area contributed by atoms with Gasteiger partial charge in [-0.1, -0.05) is 44.2 Å². The molecule has 0 unspecified atom stereocenters. The molecule has 5 N–H and O–H groups in total. The molecule has 7 amide bonds. The molecule has 0 bridgehead atoms. The van der Waals surface area contributed by atoms with Gasteiger partial charge in [0.25, 0.3) is 11.8 Å². The van der Waals surface area contributed by atoms with Crippen molar-refractivity contribution in [3.05, 3.63) is 48.0 Å². The van der Waals surface area contributed by atoms with Crippen molar-refractivity contribution in [2.24, 2.45) is 17.8 Å². The number of carbonyl (C=O) groups is 8. The van der Waals surface area contributed by atoms with Crippen LogP contribution < -0.4 is 26.6 Å². The molecule has 1 aromatic carbocycles. The number of hydrogen-bond acceptors (Lipinski definition) is 9. The Hall–Kier alpha value is -4.92. The van der Waals surface area contributed by atoms with E-state index in [1.165, 1.54) is 17.1 Å². The average Bonchev–Trinajstić information content (AvgIpc) is 3.39. The van der Waals surface area contributed by atoms with Crippen molar-refractivity contribution in [1.29, 1.82) is 0 Å². The molecule has 15 nitrogen and oxygen atoms in total. The van der Waals surface area contributed by atoms with Crippen LogP contribution in [0.3, 0.4) is 0 Å². The Morgan fingerprint density at radius 2 is 1.40 bits per heavy atom. The summed E-state index contributed by atoms with van der Waals surface area (Å²) in [5.74, 6) is -3.86. The van der Waals surface area contributed by atoms with Crippen molar-refractivity contribution in [2.45, 2.75) is 52.0 Å². The van der Waals surface area contributed by atoms with Crippen molar-refractivity contribution in [2.75, 3.05) is 39.5 Å². The summed E-state index contributed by atoms with van der Waals surface area (Å²) in [6.45, 7) is 2.26. The van der Waals surface area contributed by atoms with Crippen LogP contribution in [-0.4, -0.2) is 97.6 Å². The van der Waals surface area contributed by atoms with Gasteiger partial charge in [0.2, 0.25) is 29.5 Å². The normalized spacial score (nSPS) is 17.9. The lowest BCUT2D eigenvalue weighted by atomic mass is 9.81. The summed E-state index contributed by atoms with van der Waals surface area (Å²) < 4.78 is 5.12. The number of nitrogens with zero attached hydrogens (tertiary/aromatic N) is 1. The van der Waals surface area contributed by atoms with E-state index in [1.807, 2.05) is 0 Å². The summed E-state index contributed by atoms with van der Waals surface area (Å²) in [5.41, 5.74) is 0.751. The van der Waals surface area contributed by atoms with E-state index >= 15 is 0 Å². The van der Waals surface area contributed by atoms with Gasteiger partial charge in [-0.25, -0.2) is 0 Å². The highest BCUT2D eigenvalue weighted by Crippen LogP contribution is 2.30. The van der Waals surface area contributed by atoms with E-state index in [0.717, 1.165) is 5.56 Å². The minimum atomic E-state index is -1.06. The molecule has 0 radical (unpaired) electrons. The Morgan fingerprint density at radius 1 is 0.792 bits per heavy atom. The summed E-state index contributed by atoms with van der Waals surface area (Å²) in [6, 6.07) is 7.85. The Morgan fingerprint density at radius 3 is 2.04 bits per heavy atom. The number of ketones is 1. The number of carbonyl (C=O) groups excluding carboxylic acids is 8. The quantitative estimate of drug-likeness (QED) is 0.0746. The maximum absolute atomic E-state index is 12.9. The first kappa shape index (κ1) is 37.5. The van der Waals surface area contributed by atoms with Gasteiger partial charge >= 0.3 is 0 Å². The maximum atomic E-state index is 12.9. The summed E-state index contributed by atoms with van der Waals surface area (Å²) >= 11 is 0. The number of nitrogens with one attached hydrogen (secondary N) is 5. The summed E-state index contributed by atoms with van der Waals surface area (Å²) in [7, 11) is 0. The third-order valence-electron chi connectivity index (χ3n) is 8.05. The van der Waals surface area contributed by atoms with Crippen molar-refractivity contribution < 1.29 is 43.1 Å². The number of rotatable bonds is 18. The van der Waals surface area contributed by atoms with Crippen molar-refractivity contribution in [3.8, 4) is 0 Å². The molecule has 0 saturated heterocycles. The summed E-state index contributed by atoms with van der Waals surface area (Å²) in [5, 5.41) is 12.5. The van der Waals surface area contributed by atoms with Crippen LogP contribution in [0.4, 0.5) is 0 Å². The van der Waals surface area contributed by atoms with Gasteiger partial charge in [0.05, 0.1) is 19.6 Å². The Balaban J connectivity index is 1.37. The molecule has 3 rings (SSSR count). The molecule has 0 spiro atoms. The molecule has 1 saturated carbocycles. The highest BCUT2D eigenvalue weighted by atomic mass is 16.5. The van der Waals surface area contributed by atoms with Gasteiger partial charge in [-0.15, -0.1) is 0 Å². The summed E-state index contributed by atoms with van der Waals surface area (Å²) in [4.78, 5) is 99.2. The first-order valence-corrected chi connectivity index (χ1v) is 16.0. The van der Waals surface area contributed by atoms with Gasteiger partial charge in [-0.2, -0.15) is 0 Å². The number of ether oxygens (including phenoxy) is 1. The second kappa shape index (κ2) is 19.0. The average molecular weight is 669 g/mol. The first-order valence-electron chi connectivity index (χ1n) is 16.0. The van der Waals surface area contributed by atoms with Gasteiger partial charge in [0.15, 0.2) is 5.78 Å². The van der Waals surface area contributed by atoms with Crippen LogP contribution in [0.25, 0.3) is 0 Å². The minimum Gasteiger partial charge on any atom is -0.353 e. The van der Waals surface area contributed by atoms with E-state index in [9.17, 15) is 38.4 Å². The molecule has 0 aromatic heterocycles. The molecule has 1 aliphatic carbocycles. The molecule has 15 heteroatoms. The topological polar surface area (TPSA) is 209 Å². The van der Waals surface area contributed by atoms with Crippen LogP contribution in [0, 0.1) is 17.8 Å². The molecule has 1 atom stereocenters. The largest absolute Gasteiger partial charge is 0.353 e. The zero-order valence-electron chi connectivity index (χ0n) is 27.3. The molecule has 48 heavy (non-hydrogen) atoms. The fourth-order valence-electron chi connectivity index (χ4n) is 5.14. The van der Waals surface area contributed by atoms with Crippen LogP contribution in [-0.2, 0) is 49.5 Å². The predicted octanol–water partition coefficient (Wildman–Crippen LogP) is -0.891. The van der Waals surface area contributed by atoms with Gasteiger partial charge in [-0.3, -0.25) is 43.3 Å². The van der Waals surface area contributed by atoms with Crippen LogP contribution in [0.2, 0.25) is 0 Å². The molecule has 1 aliphatic heterocycles. The zero-order valence-corrected chi connectivity index (χ0v) is 27.3. The Labute approximate surface area is 278 Å². The zero-order chi connectivity index (χ0) is 35.1. The molecule has 1 fully saturated rings. The molecular weight excluding hydrogens is 624 g/mol. The molecule has 2 aliphatic rings. The van der Waals surface area contributed by atoms with Crippen molar-refractivity contribution in [1.82, 2.24) is 31.5 Å². The SMILES string of the molecule is CC(C)C(=O)COCNC(=O)CNC(=O)[C@H](Cc1ccccc1)NC(=O)CNC(=O)CNC(=O)C1CCC(CN2C(=O)C=CC2=O)CC1. The predicted molar refractivity (Wildman–Crippen MR) is 171 cm³/mol. The van der Waals surface area contributed by atoms with Crippen molar-refractivity contribution in [3.63, 3.8) is 0 Å². The lowest BCUT2D eigenvalue weighted by Crippen LogP contribution is -2.52. The van der Waals surface area contributed by atoms with E-state index in [1.54, 1.807) is 44.2 Å². The van der Waals surface area contributed by atoms with E-state index in [-0.39, 0.29) is 67.6 Å². The van der Waals surface area contributed by atoms with Crippen LogP contribution >= 0.6 is 0 Å². The lowest BCUT2D eigenvalue weighted by molar-refractivity contribution is -0.138. The number of imide groups is 1. The highest BCUT2D eigenvalue weighted by Gasteiger charge is 2.31. The van der Waals surface area contributed by atoms with E-state index < -0.39 is 42.8 Å². The van der Waals surface area contributed by atoms with Crippen LogP contribution in [0.15, 0.2) is 42.5 Å². The summed E-state index contributed by atoms with van der Waals surface area (Å²) in [6.07, 6.45) is 5.07. The number of benzene rings is 1. The van der Waals surface area contributed by atoms with Crippen LogP contribution in [0.5, 0.6) is 0 Å². The number of hydrogen-bond donors (Lipinski definition) is 5. The number of Topliss-reactive ketones (excluding diaryl/α,β-unsaturated/α-hetero) is 1. The second-order valence-electron chi connectivity index (χ2n) is 12.1. The van der Waals surface area contributed by atoms with Gasteiger partial charge in [0.1, 0.15) is 19.4 Å². The standard InChI is InChI=1S/C33H44N6O9/c1-21(2)26(40)19-48-20-37-28(42)16-36-33(47)25(14-22-6-4-3-5-7-22)38-29(43)17-34-27(41)15-35-32(46)24-10-8-23(9-11-24)18-39-30(44)12-13-31(39)45/h3-7,12-13,21,23-25H,8-11,14-20H2,1-2H3,(H,34,41)(H,35,46)(H,36,47)(H,37,42)(H,38,43)/t23?,24?,25-/m0/s1. The Kier molecular flexibility index (Phi) is 14.9. The van der Waals surface area contributed by atoms with Gasteiger partial charge < -0.3 is 31.3 Å². The highest BCUT2D eigenvalue weighted by molar-refractivity contribution is 6.12. The lowest BCUT2D eigenvalue weighted by Gasteiger charge is -2.29. The van der Waals surface area contributed by atoms with Crippen LogP contribution in [0.1, 0.15) is 45.1 Å². The molecule has 1 heterocycles. The first-order chi connectivity index (χ1) is 22.9. The molecule has 1 aromatic rings. The van der Waals surface area contributed by atoms with Gasteiger partial charge in [-0.05, 0) is 37.2 Å². The maximum Gasteiger partial charge on any atom is 0.253 e. The second-order valence-corrected chi connectivity index (χ2v) is 12.1. The Bertz CT molecular complexity index is 1350. The minimum absolute atomic E-state index is 0.112. The van der Waals surface area contributed by atoms with E-state index in [4.69, 9.17) is 4.74 Å². The number of amides is 7. The third kappa shape index (κ3) is 12.7. The smallest absolute Gasteiger partial charge is 0.253 e. The molecule has 260 valence electrons. The third-order valence-corrected chi connectivity index (χ3v) is 8.05. The fourth-order valence-corrected chi connectivity index (χ4v) is 5.14. The molecular formula is C33H44N6O9.